The van der Waals surface area contributed by atoms with Crippen molar-refractivity contribution in [3.8, 4) is 0 Å². The van der Waals surface area contributed by atoms with Gasteiger partial charge in [-0.3, -0.25) is 9.36 Å². The lowest BCUT2D eigenvalue weighted by Gasteiger charge is -2.19. The summed E-state index contributed by atoms with van der Waals surface area (Å²) in [5.74, 6) is 0. The Balaban J connectivity index is 2.04. The van der Waals surface area contributed by atoms with Crippen LogP contribution >= 0.6 is 0 Å². The molecule has 0 bridgehead atoms. The molecule has 0 amide bonds. The van der Waals surface area contributed by atoms with E-state index in [1.54, 1.807) is 4.57 Å². The molecule has 9 heteroatoms. The molecule has 1 fully saturated rings. The molecule has 0 aromatic carbocycles. The number of aliphatic hydroxyl groups excluding tert-OH is 1. The minimum atomic E-state index is -0.408. The molecule has 1 aliphatic rings. The van der Waals surface area contributed by atoms with Gasteiger partial charge in [-0.1, -0.05) is 0 Å². The van der Waals surface area contributed by atoms with Gasteiger partial charge in [-0.25, -0.2) is 9.97 Å². The molecule has 0 spiro atoms. The Morgan fingerprint density at radius 3 is 3.21 bits per heavy atom. The van der Waals surface area contributed by atoms with E-state index >= 15 is 0 Å². The molecular formula is C10H14N4O4Si. The van der Waals surface area contributed by atoms with Gasteiger partial charge in [-0.05, 0) is 0 Å². The van der Waals surface area contributed by atoms with Crippen LogP contribution in [0.5, 0.6) is 0 Å². The van der Waals surface area contributed by atoms with Crippen molar-refractivity contribution in [1.29, 1.82) is 0 Å². The molecule has 2 aromatic rings. The molecule has 1 saturated heterocycles. The van der Waals surface area contributed by atoms with Gasteiger partial charge in [0.15, 0.2) is 17.4 Å². The average Bonchev–Trinajstić information content (AvgIpc) is 3.02. The predicted molar refractivity (Wildman–Crippen MR) is 68.6 cm³/mol. The fourth-order valence-electron chi connectivity index (χ4n) is 2.34. The smallest absolute Gasteiger partial charge is 0.278 e. The summed E-state index contributed by atoms with van der Waals surface area (Å²) in [5, 5.41) is 9.19. The lowest BCUT2D eigenvalue weighted by molar-refractivity contribution is -0.0427. The van der Waals surface area contributed by atoms with Gasteiger partial charge < -0.3 is 19.3 Å². The van der Waals surface area contributed by atoms with Crippen molar-refractivity contribution in [3.63, 3.8) is 0 Å². The maximum absolute atomic E-state index is 11.6. The number of rotatable bonds is 3. The molecule has 0 radical (unpaired) electrons. The average molecular weight is 282 g/mol. The van der Waals surface area contributed by atoms with Gasteiger partial charge in [0.05, 0.1) is 31.5 Å². The third kappa shape index (κ3) is 2.00. The quantitative estimate of drug-likeness (QED) is 0.635. The van der Waals surface area contributed by atoms with Gasteiger partial charge in [0, 0.05) is 6.42 Å². The second kappa shape index (κ2) is 4.85. The van der Waals surface area contributed by atoms with Crippen molar-refractivity contribution < 1.29 is 14.3 Å². The van der Waals surface area contributed by atoms with Crippen LogP contribution in [0.15, 0.2) is 17.4 Å². The zero-order valence-electron chi connectivity index (χ0n) is 10.3. The zero-order chi connectivity index (χ0) is 13.4. The van der Waals surface area contributed by atoms with Crippen LogP contribution in [-0.4, -0.2) is 53.9 Å². The number of H-pyrrole nitrogens is 1. The van der Waals surface area contributed by atoms with E-state index < -0.39 is 6.23 Å². The molecule has 1 aliphatic heterocycles. The van der Waals surface area contributed by atoms with Crippen molar-refractivity contribution in [2.45, 2.75) is 24.9 Å². The summed E-state index contributed by atoms with van der Waals surface area (Å²) >= 11 is 0. The van der Waals surface area contributed by atoms with Crippen molar-refractivity contribution in [3.05, 3.63) is 23.0 Å². The fraction of sp³-hybridized carbons (Fsp3) is 0.500. The molecule has 0 aliphatic carbocycles. The van der Waals surface area contributed by atoms with E-state index in [2.05, 4.69) is 15.0 Å². The number of aliphatic hydroxyl groups is 1. The first-order chi connectivity index (χ1) is 9.24. The first kappa shape index (κ1) is 12.5. The van der Waals surface area contributed by atoms with Gasteiger partial charge in [-0.15, -0.1) is 0 Å². The molecule has 0 unspecified atom stereocenters. The summed E-state index contributed by atoms with van der Waals surface area (Å²) in [7, 11) is 0.568. The van der Waals surface area contributed by atoms with E-state index in [1.807, 2.05) is 0 Å². The largest absolute Gasteiger partial charge is 0.420 e. The number of aromatic amines is 1. The molecule has 102 valence electrons. The van der Waals surface area contributed by atoms with Crippen molar-refractivity contribution >= 4 is 21.6 Å². The summed E-state index contributed by atoms with van der Waals surface area (Å²) in [6.45, 7) is -0.0570. The monoisotopic (exact) mass is 282 g/mol. The maximum Gasteiger partial charge on any atom is 0.278 e. The van der Waals surface area contributed by atoms with E-state index in [-0.39, 0.29) is 29.9 Å². The van der Waals surface area contributed by atoms with Crippen LogP contribution in [0, 0.1) is 0 Å². The molecule has 2 aromatic heterocycles. The predicted octanol–water partition coefficient (Wildman–Crippen LogP) is -1.94. The molecular weight excluding hydrogens is 268 g/mol. The van der Waals surface area contributed by atoms with Crippen LogP contribution in [0.1, 0.15) is 12.6 Å². The summed E-state index contributed by atoms with van der Waals surface area (Å²) in [6.07, 6.45) is 2.65. The highest BCUT2D eigenvalue weighted by Gasteiger charge is 2.36. The lowest BCUT2D eigenvalue weighted by atomic mass is 10.2. The minimum absolute atomic E-state index is 0.0570. The molecule has 0 saturated carbocycles. The second-order valence-corrected chi connectivity index (χ2v) is 4.87. The highest BCUT2D eigenvalue weighted by atomic mass is 28.2. The maximum atomic E-state index is 11.6. The zero-order valence-corrected chi connectivity index (χ0v) is 12.3. The number of ether oxygens (including phenoxy) is 1. The first-order valence-corrected chi connectivity index (χ1v) is 6.75. The number of imidazole rings is 1. The molecule has 19 heavy (non-hydrogen) atoms. The molecule has 8 nitrogen and oxygen atoms in total. The molecule has 2 N–H and O–H groups in total. The Bertz CT molecular complexity index is 642. The first-order valence-electron chi connectivity index (χ1n) is 5.94. The van der Waals surface area contributed by atoms with Gasteiger partial charge >= 0.3 is 0 Å². The van der Waals surface area contributed by atoms with Crippen LogP contribution in [0.4, 0.5) is 0 Å². The Labute approximate surface area is 110 Å². The molecule has 3 rings (SSSR count). The van der Waals surface area contributed by atoms with E-state index in [4.69, 9.17) is 9.16 Å². The van der Waals surface area contributed by atoms with Gasteiger partial charge in [0.2, 0.25) is 0 Å². The second-order valence-electron chi connectivity index (χ2n) is 4.40. The summed E-state index contributed by atoms with van der Waals surface area (Å²) in [6, 6.07) is 0. The highest BCUT2D eigenvalue weighted by Crippen LogP contribution is 2.31. The Morgan fingerprint density at radius 1 is 1.63 bits per heavy atom. The number of nitrogens with zero attached hydrogens (tertiary/aromatic N) is 3. The summed E-state index contributed by atoms with van der Waals surface area (Å²) in [5.41, 5.74) is 0.436. The molecule has 3 heterocycles. The van der Waals surface area contributed by atoms with Crippen molar-refractivity contribution in [2.24, 2.45) is 0 Å². The standard InChI is InChI=1S/C10H14N4O4Si/c15-2-5-1-6(18-19)10(17-5)14-4-13-7-8(14)11-3-12-9(7)16/h3-6,10,15H,1-2H2,19H3,(H,11,12,16)/t5-,6+,10+/m0/s1. The van der Waals surface area contributed by atoms with E-state index in [9.17, 15) is 9.90 Å². The van der Waals surface area contributed by atoms with Crippen molar-refractivity contribution in [2.75, 3.05) is 6.61 Å². The molecule has 3 atom stereocenters. The third-order valence-corrected chi connectivity index (χ3v) is 3.90. The number of hydrogen-bond donors (Lipinski definition) is 2. The topological polar surface area (TPSA) is 102 Å². The normalized spacial score (nSPS) is 27.3. The lowest BCUT2D eigenvalue weighted by Crippen LogP contribution is -2.22. The van der Waals surface area contributed by atoms with Crippen molar-refractivity contribution in [1.82, 2.24) is 19.5 Å². The van der Waals surface area contributed by atoms with Gasteiger partial charge in [0.1, 0.15) is 10.5 Å². The SMILES string of the molecule is O=c1[nH]cnc2c1ncn2[C@@H]1O[C@H](CO)C[C@H]1O[SiH3]. The number of nitrogens with one attached hydrogen (secondary N) is 1. The fourth-order valence-corrected chi connectivity index (χ4v) is 2.77. The summed E-state index contributed by atoms with van der Waals surface area (Å²) in [4.78, 5) is 22.3. The van der Waals surface area contributed by atoms with Gasteiger partial charge in [0.25, 0.3) is 5.56 Å². The van der Waals surface area contributed by atoms with Crippen LogP contribution in [0.3, 0.4) is 0 Å². The van der Waals surface area contributed by atoms with E-state index in [0.29, 0.717) is 22.6 Å². The van der Waals surface area contributed by atoms with E-state index in [0.717, 1.165) is 0 Å². The Hall–Kier alpha value is -1.55. The minimum Gasteiger partial charge on any atom is -0.420 e. The highest BCUT2D eigenvalue weighted by molar-refractivity contribution is 5.98. The number of aromatic nitrogens is 4. The van der Waals surface area contributed by atoms with Crippen LogP contribution in [0.2, 0.25) is 0 Å². The van der Waals surface area contributed by atoms with Crippen LogP contribution < -0.4 is 5.56 Å². The Kier molecular flexibility index (Phi) is 3.19. The van der Waals surface area contributed by atoms with Crippen LogP contribution in [-0.2, 0) is 9.16 Å². The van der Waals surface area contributed by atoms with Gasteiger partial charge in [-0.2, -0.15) is 0 Å². The number of hydrogen-bond acceptors (Lipinski definition) is 6. The third-order valence-electron chi connectivity index (χ3n) is 3.29. The Morgan fingerprint density at radius 2 is 2.47 bits per heavy atom. The van der Waals surface area contributed by atoms with E-state index in [1.165, 1.54) is 12.7 Å². The van der Waals surface area contributed by atoms with Crippen LogP contribution in [0.25, 0.3) is 11.2 Å². The summed E-state index contributed by atoms with van der Waals surface area (Å²) < 4.78 is 12.9. The number of fused-ring (bicyclic) bond motifs is 1.